The number of rotatable bonds is 4. The number of carbonyl (C=O) groups is 1. The average molecular weight is 487 g/mol. The lowest BCUT2D eigenvalue weighted by Crippen LogP contribution is -2.19. The molecule has 1 N–H and O–H groups in total. The first-order chi connectivity index (χ1) is 14.4. The summed E-state index contributed by atoms with van der Waals surface area (Å²) in [6.45, 7) is 5.92. The van der Waals surface area contributed by atoms with Gasteiger partial charge in [-0.05, 0) is 29.8 Å². The van der Waals surface area contributed by atoms with Gasteiger partial charge in [-0.2, -0.15) is 13.2 Å². The van der Waals surface area contributed by atoms with E-state index < -0.39 is 23.2 Å². The largest absolute Gasteiger partial charge is 0.417 e. The summed E-state index contributed by atoms with van der Waals surface area (Å²) in [5.74, 6) is -0.863. The summed E-state index contributed by atoms with van der Waals surface area (Å²) in [6.07, 6.45) is -4.18. The Kier molecular flexibility index (Phi) is 6.69. The van der Waals surface area contributed by atoms with E-state index in [0.717, 1.165) is 28.3 Å². The van der Waals surface area contributed by atoms with Crippen LogP contribution in [0.4, 0.5) is 18.3 Å². The van der Waals surface area contributed by atoms with Crippen LogP contribution in [-0.2, 0) is 18.0 Å². The molecule has 1 heterocycles. The molecule has 164 valence electrons. The standard InChI is InChI=1S/C22H19Cl2F3N2OS/c1-21(2,3)18-17(10-12-8-9-13(23)11-16(12)24)31-20(28-18)29-19(30)14-6-4-5-7-15(14)22(25,26)27/h4-9,11H,10H2,1-3H3,(H,28,29,30). The highest BCUT2D eigenvalue weighted by molar-refractivity contribution is 7.16. The number of halogens is 5. The van der Waals surface area contributed by atoms with Gasteiger partial charge < -0.3 is 0 Å². The summed E-state index contributed by atoms with van der Waals surface area (Å²) in [5.41, 5.74) is -0.223. The third-order valence-corrected chi connectivity index (χ3v) is 6.03. The fraction of sp³-hybridized carbons (Fsp3) is 0.273. The number of aromatic nitrogens is 1. The summed E-state index contributed by atoms with van der Waals surface area (Å²) in [6, 6.07) is 9.85. The molecular weight excluding hydrogens is 468 g/mol. The zero-order chi connectivity index (χ0) is 23.0. The molecule has 31 heavy (non-hydrogen) atoms. The van der Waals surface area contributed by atoms with Gasteiger partial charge in [-0.15, -0.1) is 11.3 Å². The number of thiazole rings is 1. The van der Waals surface area contributed by atoms with Crippen molar-refractivity contribution in [1.29, 1.82) is 0 Å². The van der Waals surface area contributed by atoms with Gasteiger partial charge in [0.15, 0.2) is 5.13 Å². The molecule has 1 amide bonds. The minimum atomic E-state index is -4.64. The van der Waals surface area contributed by atoms with E-state index >= 15 is 0 Å². The maximum atomic E-state index is 13.3. The first-order valence-corrected chi connectivity index (χ1v) is 10.8. The van der Waals surface area contributed by atoms with Crippen molar-refractivity contribution in [1.82, 2.24) is 4.98 Å². The molecule has 0 saturated carbocycles. The number of hydrogen-bond donors (Lipinski definition) is 1. The Balaban J connectivity index is 1.94. The fourth-order valence-corrected chi connectivity index (χ4v) is 4.71. The molecule has 0 spiro atoms. The highest BCUT2D eigenvalue weighted by Gasteiger charge is 2.35. The van der Waals surface area contributed by atoms with E-state index in [1.165, 1.54) is 23.5 Å². The molecule has 0 radical (unpaired) electrons. The van der Waals surface area contributed by atoms with Gasteiger partial charge in [-0.25, -0.2) is 4.98 Å². The monoisotopic (exact) mass is 486 g/mol. The molecule has 3 rings (SSSR count). The van der Waals surface area contributed by atoms with Crippen LogP contribution in [0.3, 0.4) is 0 Å². The number of anilines is 1. The van der Waals surface area contributed by atoms with Crippen LogP contribution in [0.2, 0.25) is 10.0 Å². The van der Waals surface area contributed by atoms with E-state index in [9.17, 15) is 18.0 Å². The topological polar surface area (TPSA) is 42.0 Å². The summed E-state index contributed by atoms with van der Waals surface area (Å²) < 4.78 is 39.8. The predicted octanol–water partition coefficient (Wildman–Crippen LogP) is 7.61. The lowest BCUT2D eigenvalue weighted by molar-refractivity contribution is -0.137. The molecule has 0 bridgehead atoms. The summed E-state index contributed by atoms with van der Waals surface area (Å²) in [7, 11) is 0. The Morgan fingerprint density at radius 1 is 1.10 bits per heavy atom. The number of carbonyl (C=O) groups excluding carboxylic acids is 1. The van der Waals surface area contributed by atoms with E-state index in [1.54, 1.807) is 12.1 Å². The first-order valence-electron chi connectivity index (χ1n) is 9.28. The Morgan fingerprint density at radius 3 is 2.39 bits per heavy atom. The summed E-state index contributed by atoms with van der Waals surface area (Å²) in [5, 5.41) is 3.78. The van der Waals surface area contributed by atoms with Gasteiger partial charge in [-0.3, -0.25) is 10.1 Å². The lowest BCUT2D eigenvalue weighted by Gasteiger charge is -2.17. The van der Waals surface area contributed by atoms with Crippen molar-refractivity contribution in [3.05, 3.63) is 79.8 Å². The first kappa shape index (κ1) is 23.6. The third-order valence-electron chi connectivity index (χ3n) is 4.47. The minimum absolute atomic E-state index is 0.229. The van der Waals surface area contributed by atoms with Crippen LogP contribution in [0, 0.1) is 0 Å². The van der Waals surface area contributed by atoms with Crippen molar-refractivity contribution in [3.63, 3.8) is 0 Å². The van der Waals surface area contributed by atoms with Crippen molar-refractivity contribution in [2.24, 2.45) is 0 Å². The Bertz CT molecular complexity index is 1120. The van der Waals surface area contributed by atoms with Gasteiger partial charge in [0.1, 0.15) is 0 Å². The second-order valence-corrected chi connectivity index (χ2v) is 9.88. The fourth-order valence-electron chi connectivity index (χ4n) is 3.04. The molecule has 0 aliphatic carbocycles. The van der Waals surface area contributed by atoms with Crippen molar-refractivity contribution < 1.29 is 18.0 Å². The van der Waals surface area contributed by atoms with E-state index in [-0.39, 0.29) is 10.5 Å². The van der Waals surface area contributed by atoms with Crippen LogP contribution in [0.25, 0.3) is 0 Å². The second-order valence-electron chi connectivity index (χ2n) is 7.95. The molecule has 3 aromatic rings. The third kappa shape index (κ3) is 5.59. The van der Waals surface area contributed by atoms with Crippen LogP contribution in [-0.4, -0.2) is 10.9 Å². The minimum Gasteiger partial charge on any atom is -0.298 e. The smallest absolute Gasteiger partial charge is 0.298 e. The van der Waals surface area contributed by atoms with Crippen molar-refractivity contribution in [2.75, 3.05) is 5.32 Å². The molecule has 0 atom stereocenters. The van der Waals surface area contributed by atoms with E-state index in [4.69, 9.17) is 23.2 Å². The summed E-state index contributed by atoms with van der Waals surface area (Å²) in [4.78, 5) is 18.0. The van der Waals surface area contributed by atoms with Crippen LogP contribution in [0.15, 0.2) is 42.5 Å². The van der Waals surface area contributed by atoms with Crippen LogP contribution >= 0.6 is 34.5 Å². The molecule has 2 aromatic carbocycles. The zero-order valence-corrected chi connectivity index (χ0v) is 19.2. The molecule has 1 aromatic heterocycles. The molecule has 0 fully saturated rings. The maximum Gasteiger partial charge on any atom is 0.417 e. The quantitative estimate of drug-likeness (QED) is 0.412. The van der Waals surface area contributed by atoms with Crippen molar-refractivity contribution in [2.45, 2.75) is 38.8 Å². The van der Waals surface area contributed by atoms with Crippen molar-refractivity contribution >= 4 is 45.6 Å². The highest BCUT2D eigenvalue weighted by atomic mass is 35.5. The normalized spacial score (nSPS) is 12.1. The van der Waals surface area contributed by atoms with Gasteiger partial charge in [0.25, 0.3) is 5.91 Å². The zero-order valence-electron chi connectivity index (χ0n) is 16.9. The summed E-state index contributed by atoms with van der Waals surface area (Å²) >= 11 is 13.5. The molecule has 0 unspecified atom stereocenters. The van der Waals surface area contributed by atoms with Gasteiger partial charge in [0.2, 0.25) is 0 Å². The lowest BCUT2D eigenvalue weighted by atomic mass is 9.90. The maximum absolute atomic E-state index is 13.3. The van der Waals surface area contributed by atoms with E-state index in [0.29, 0.717) is 16.5 Å². The second kappa shape index (κ2) is 8.81. The average Bonchev–Trinajstić information content (AvgIpc) is 3.06. The van der Waals surface area contributed by atoms with Gasteiger partial charge in [0.05, 0.1) is 16.8 Å². The molecular formula is C22H19Cl2F3N2OS. The molecule has 0 saturated heterocycles. The number of benzene rings is 2. The number of alkyl halides is 3. The SMILES string of the molecule is CC(C)(C)c1nc(NC(=O)c2ccccc2C(F)(F)F)sc1Cc1ccc(Cl)cc1Cl. The van der Waals surface area contributed by atoms with Gasteiger partial charge >= 0.3 is 6.18 Å². The number of nitrogens with one attached hydrogen (secondary N) is 1. The van der Waals surface area contributed by atoms with Crippen LogP contribution in [0.5, 0.6) is 0 Å². The van der Waals surface area contributed by atoms with Crippen LogP contribution < -0.4 is 5.32 Å². The van der Waals surface area contributed by atoms with Crippen molar-refractivity contribution in [3.8, 4) is 0 Å². The van der Waals surface area contributed by atoms with Gasteiger partial charge in [-0.1, -0.05) is 62.2 Å². The molecule has 3 nitrogen and oxygen atoms in total. The Labute approximate surface area is 192 Å². The molecule has 0 aliphatic rings. The number of amides is 1. The van der Waals surface area contributed by atoms with Crippen LogP contribution in [0.1, 0.15) is 52.8 Å². The number of nitrogens with zero attached hydrogens (tertiary/aromatic N) is 1. The Hall–Kier alpha value is -2.09. The molecule has 9 heteroatoms. The predicted molar refractivity (Wildman–Crippen MR) is 119 cm³/mol. The molecule has 0 aliphatic heterocycles. The highest BCUT2D eigenvalue weighted by Crippen LogP contribution is 2.36. The van der Waals surface area contributed by atoms with E-state index in [1.807, 2.05) is 26.8 Å². The Morgan fingerprint density at radius 2 is 1.77 bits per heavy atom. The van der Waals surface area contributed by atoms with E-state index in [2.05, 4.69) is 10.3 Å². The number of hydrogen-bond acceptors (Lipinski definition) is 3. The van der Waals surface area contributed by atoms with Gasteiger partial charge in [0, 0.05) is 26.8 Å².